The van der Waals surface area contributed by atoms with Crippen LogP contribution in [-0.2, 0) is 9.59 Å². The summed E-state index contributed by atoms with van der Waals surface area (Å²) in [7, 11) is 1.65. The Bertz CT molecular complexity index is 1010. The lowest BCUT2D eigenvalue weighted by Crippen LogP contribution is -2.48. The van der Waals surface area contributed by atoms with Crippen LogP contribution in [0.2, 0.25) is 0 Å². The summed E-state index contributed by atoms with van der Waals surface area (Å²) < 4.78 is 5.30. The van der Waals surface area contributed by atoms with E-state index in [1.54, 1.807) is 12.0 Å². The van der Waals surface area contributed by atoms with Gasteiger partial charge in [-0.3, -0.25) is 9.59 Å². The van der Waals surface area contributed by atoms with Gasteiger partial charge in [0, 0.05) is 44.2 Å². The van der Waals surface area contributed by atoms with E-state index in [9.17, 15) is 9.59 Å². The van der Waals surface area contributed by atoms with Crippen molar-refractivity contribution in [1.29, 1.82) is 0 Å². The number of carbonyl (C=O) groups is 2. The molecule has 1 aliphatic heterocycles. The number of methoxy groups -OCH3 is 1. The average molecular weight is 480 g/mol. The Labute approximate surface area is 208 Å². The van der Waals surface area contributed by atoms with Gasteiger partial charge in [-0.2, -0.15) is 0 Å². The highest BCUT2D eigenvalue weighted by Gasteiger charge is 2.32. The molecular weight excluding hydrogens is 442 g/mol. The molecule has 0 unspecified atom stereocenters. The maximum absolute atomic E-state index is 13.1. The minimum absolute atomic E-state index is 0.0413. The highest BCUT2D eigenvalue weighted by molar-refractivity contribution is 5.86. The fraction of sp³-hybridized carbons (Fsp3) is 0.556. The number of aromatic nitrogens is 2. The van der Waals surface area contributed by atoms with Crippen molar-refractivity contribution in [3.8, 4) is 17.0 Å². The summed E-state index contributed by atoms with van der Waals surface area (Å²) >= 11 is 0. The number of benzene rings is 1. The Morgan fingerprint density at radius 1 is 1.06 bits per heavy atom. The molecule has 1 saturated carbocycles. The lowest BCUT2D eigenvalue weighted by Gasteiger charge is -2.33. The summed E-state index contributed by atoms with van der Waals surface area (Å²) in [6.07, 6.45) is 3.88. The van der Waals surface area contributed by atoms with Crippen LogP contribution in [0.15, 0.2) is 36.4 Å². The van der Waals surface area contributed by atoms with Gasteiger partial charge in [-0.25, -0.2) is 0 Å². The first-order valence-electron chi connectivity index (χ1n) is 12.7. The summed E-state index contributed by atoms with van der Waals surface area (Å²) in [5, 5.41) is 8.89. The van der Waals surface area contributed by atoms with E-state index in [0.717, 1.165) is 55.1 Å². The predicted molar refractivity (Wildman–Crippen MR) is 136 cm³/mol. The molecule has 4 rings (SSSR count). The van der Waals surface area contributed by atoms with Crippen LogP contribution in [0.5, 0.6) is 5.75 Å². The van der Waals surface area contributed by atoms with E-state index in [2.05, 4.69) is 28.9 Å². The first kappa shape index (κ1) is 24.9. The van der Waals surface area contributed by atoms with Gasteiger partial charge >= 0.3 is 0 Å². The molecule has 1 aliphatic carbocycles. The first-order valence-corrected chi connectivity index (χ1v) is 12.7. The molecule has 8 nitrogen and oxygen atoms in total. The fourth-order valence-corrected chi connectivity index (χ4v) is 4.68. The Balaban J connectivity index is 1.35. The van der Waals surface area contributed by atoms with Crippen LogP contribution in [-0.4, -0.2) is 78.2 Å². The van der Waals surface area contributed by atoms with E-state index in [-0.39, 0.29) is 24.3 Å². The average Bonchev–Trinajstić information content (AvgIpc) is 3.09. The van der Waals surface area contributed by atoms with Gasteiger partial charge < -0.3 is 19.4 Å². The molecular formula is C27H37N5O3. The Kier molecular flexibility index (Phi) is 8.21. The zero-order chi connectivity index (χ0) is 24.8. The van der Waals surface area contributed by atoms with Crippen molar-refractivity contribution in [3.63, 3.8) is 0 Å². The van der Waals surface area contributed by atoms with Crippen molar-refractivity contribution in [2.75, 3.05) is 51.3 Å². The van der Waals surface area contributed by atoms with E-state index in [1.165, 1.54) is 0 Å². The minimum Gasteiger partial charge on any atom is -0.497 e. The molecule has 0 radical (unpaired) electrons. The molecule has 2 heterocycles. The summed E-state index contributed by atoms with van der Waals surface area (Å²) in [4.78, 5) is 31.9. The van der Waals surface area contributed by atoms with Gasteiger partial charge in [0.15, 0.2) is 5.82 Å². The number of hydrogen-bond acceptors (Lipinski definition) is 6. The summed E-state index contributed by atoms with van der Waals surface area (Å²) in [6, 6.07) is 11.7. The Hall–Kier alpha value is -3.16. The van der Waals surface area contributed by atoms with Gasteiger partial charge in [0.1, 0.15) is 5.75 Å². The van der Waals surface area contributed by atoms with Crippen LogP contribution in [0.1, 0.15) is 39.5 Å². The van der Waals surface area contributed by atoms with Crippen LogP contribution >= 0.6 is 0 Å². The summed E-state index contributed by atoms with van der Waals surface area (Å²) in [5.74, 6) is 2.24. The molecule has 0 bridgehead atoms. The van der Waals surface area contributed by atoms with Crippen LogP contribution in [0.3, 0.4) is 0 Å². The highest BCUT2D eigenvalue weighted by atomic mass is 16.5. The second kappa shape index (κ2) is 11.5. The molecule has 2 aromatic rings. The third-order valence-corrected chi connectivity index (χ3v) is 6.87. The van der Waals surface area contributed by atoms with Crippen LogP contribution < -0.4 is 9.64 Å². The van der Waals surface area contributed by atoms with E-state index in [0.29, 0.717) is 32.1 Å². The number of ether oxygens (including phenoxy) is 1. The van der Waals surface area contributed by atoms with E-state index in [4.69, 9.17) is 4.74 Å². The maximum Gasteiger partial charge on any atom is 0.242 e. The standard InChI is InChI=1S/C27H37N5O3/c1-20(2)18-32(27(34)21-7-4-8-21)19-26(33)31-14-6-13-30(15-16-31)25-12-11-24(28-29-25)22-9-5-10-23(17-22)35-3/h5,9-12,17,20-21H,4,6-8,13-16,18-19H2,1-3H3. The Morgan fingerprint density at radius 2 is 1.89 bits per heavy atom. The van der Waals surface area contributed by atoms with Crippen molar-refractivity contribution >= 4 is 17.6 Å². The van der Waals surface area contributed by atoms with Crippen molar-refractivity contribution in [2.45, 2.75) is 39.5 Å². The molecule has 35 heavy (non-hydrogen) atoms. The van der Waals surface area contributed by atoms with Crippen LogP contribution in [0, 0.1) is 11.8 Å². The smallest absolute Gasteiger partial charge is 0.242 e. The lowest BCUT2D eigenvalue weighted by molar-refractivity contribution is -0.145. The van der Waals surface area contributed by atoms with Gasteiger partial charge in [-0.05, 0) is 49.4 Å². The molecule has 2 amide bonds. The van der Waals surface area contributed by atoms with Crippen molar-refractivity contribution < 1.29 is 14.3 Å². The van der Waals surface area contributed by atoms with Crippen LogP contribution in [0.4, 0.5) is 5.82 Å². The lowest BCUT2D eigenvalue weighted by atomic mass is 9.84. The zero-order valence-corrected chi connectivity index (χ0v) is 21.2. The summed E-state index contributed by atoms with van der Waals surface area (Å²) in [6.45, 7) is 7.82. The highest BCUT2D eigenvalue weighted by Crippen LogP contribution is 2.28. The first-order chi connectivity index (χ1) is 16.9. The molecule has 2 fully saturated rings. The predicted octanol–water partition coefficient (Wildman–Crippen LogP) is 3.48. The number of hydrogen-bond donors (Lipinski definition) is 0. The number of anilines is 1. The van der Waals surface area contributed by atoms with Gasteiger partial charge in [-0.15, -0.1) is 10.2 Å². The van der Waals surface area contributed by atoms with E-state index in [1.807, 2.05) is 41.3 Å². The van der Waals surface area contributed by atoms with Crippen molar-refractivity contribution in [1.82, 2.24) is 20.0 Å². The fourth-order valence-electron chi connectivity index (χ4n) is 4.68. The van der Waals surface area contributed by atoms with Crippen molar-refractivity contribution in [3.05, 3.63) is 36.4 Å². The van der Waals surface area contributed by atoms with Gasteiger partial charge in [0.25, 0.3) is 0 Å². The molecule has 188 valence electrons. The van der Waals surface area contributed by atoms with Gasteiger partial charge in [0.05, 0.1) is 19.3 Å². The number of amides is 2. The third-order valence-electron chi connectivity index (χ3n) is 6.87. The largest absolute Gasteiger partial charge is 0.497 e. The van der Waals surface area contributed by atoms with E-state index < -0.39 is 0 Å². The molecule has 2 aliphatic rings. The molecule has 1 aromatic carbocycles. The summed E-state index contributed by atoms with van der Waals surface area (Å²) in [5.41, 5.74) is 1.75. The number of rotatable bonds is 8. The number of nitrogens with zero attached hydrogens (tertiary/aromatic N) is 5. The quantitative estimate of drug-likeness (QED) is 0.577. The topological polar surface area (TPSA) is 78.9 Å². The van der Waals surface area contributed by atoms with E-state index >= 15 is 0 Å². The molecule has 1 saturated heterocycles. The molecule has 1 aromatic heterocycles. The third kappa shape index (κ3) is 6.29. The normalized spacial score (nSPS) is 16.6. The molecule has 0 atom stereocenters. The SMILES string of the molecule is COc1cccc(-c2ccc(N3CCCN(C(=O)CN(CC(C)C)C(=O)C4CCC4)CC3)nn2)c1. The second-order valence-electron chi connectivity index (χ2n) is 9.97. The molecule has 0 spiro atoms. The molecule has 8 heteroatoms. The van der Waals surface area contributed by atoms with Gasteiger partial charge in [0.2, 0.25) is 11.8 Å². The molecule has 0 N–H and O–H groups in total. The van der Waals surface area contributed by atoms with Gasteiger partial charge in [-0.1, -0.05) is 32.4 Å². The number of carbonyl (C=O) groups excluding carboxylic acids is 2. The second-order valence-corrected chi connectivity index (χ2v) is 9.97. The monoisotopic (exact) mass is 479 g/mol. The minimum atomic E-state index is 0.0413. The van der Waals surface area contributed by atoms with Crippen LogP contribution in [0.25, 0.3) is 11.3 Å². The maximum atomic E-state index is 13.1. The zero-order valence-electron chi connectivity index (χ0n) is 21.2. The van der Waals surface area contributed by atoms with Crippen molar-refractivity contribution in [2.24, 2.45) is 11.8 Å². The Morgan fingerprint density at radius 3 is 2.54 bits per heavy atom.